The highest BCUT2D eigenvalue weighted by atomic mass is 19.4. The molecule has 1 atom stereocenters. The zero-order valence-electron chi connectivity index (χ0n) is 12.2. The highest BCUT2D eigenvalue weighted by Gasteiger charge is 2.56. The maximum absolute atomic E-state index is 12.8. The predicted molar refractivity (Wildman–Crippen MR) is 69.4 cm³/mol. The molecule has 1 aliphatic rings. The van der Waals surface area contributed by atoms with Crippen molar-refractivity contribution in [3.8, 4) is 0 Å². The average Bonchev–Trinajstić information content (AvgIpc) is 2.37. The van der Waals surface area contributed by atoms with Crippen LogP contribution in [0.1, 0.15) is 39.5 Å². The SMILES string of the molecule is CCCC1(C(=O)O)CCN(C(=O)C(C)(N)C(F)(F)F)CC1. The summed E-state index contributed by atoms with van der Waals surface area (Å²) in [5.74, 6) is -2.16. The molecule has 0 aromatic carbocycles. The van der Waals surface area contributed by atoms with Crippen molar-refractivity contribution in [2.75, 3.05) is 13.1 Å². The summed E-state index contributed by atoms with van der Waals surface area (Å²) in [4.78, 5) is 24.3. The van der Waals surface area contributed by atoms with Crippen LogP contribution in [0.25, 0.3) is 0 Å². The fourth-order valence-corrected chi connectivity index (χ4v) is 2.64. The third-order valence-electron chi connectivity index (χ3n) is 4.22. The lowest BCUT2D eigenvalue weighted by atomic mass is 9.74. The Kier molecular flexibility index (Phi) is 4.92. The fourth-order valence-electron chi connectivity index (χ4n) is 2.64. The number of alkyl halides is 3. The van der Waals surface area contributed by atoms with Crippen LogP contribution in [0.2, 0.25) is 0 Å². The molecule has 1 saturated heterocycles. The van der Waals surface area contributed by atoms with E-state index >= 15 is 0 Å². The first-order chi connectivity index (χ1) is 9.48. The molecule has 1 amide bonds. The van der Waals surface area contributed by atoms with Crippen molar-refractivity contribution in [1.82, 2.24) is 4.90 Å². The maximum Gasteiger partial charge on any atom is 0.415 e. The number of rotatable bonds is 4. The topological polar surface area (TPSA) is 83.6 Å². The Balaban J connectivity index is 2.81. The van der Waals surface area contributed by atoms with E-state index in [2.05, 4.69) is 0 Å². The first-order valence-corrected chi connectivity index (χ1v) is 6.86. The number of piperidine rings is 1. The zero-order chi connectivity index (χ0) is 16.5. The largest absolute Gasteiger partial charge is 0.481 e. The minimum absolute atomic E-state index is 0.0198. The van der Waals surface area contributed by atoms with Crippen LogP contribution in [-0.4, -0.2) is 46.7 Å². The van der Waals surface area contributed by atoms with Crippen LogP contribution in [0.15, 0.2) is 0 Å². The van der Waals surface area contributed by atoms with E-state index in [0.29, 0.717) is 19.8 Å². The molecule has 0 aromatic rings. The summed E-state index contributed by atoms with van der Waals surface area (Å²) in [7, 11) is 0. The number of aliphatic carboxylic acids is 1. The zero-order valence-corrected chi connectivity index (χ0v) is 12.2. The molecule has 122 valence electrons. The van der Waals surface area contributed by atoms with Gasteiger partial charge >= 0.3 is 12.1 Å². The summed E-state index contributed by atoms with van der Waals surface area (Å²) in [6.07, 6.45) is -3.43. The van der Waals surface area contributed by atoms with Crippen molar-refractivity contribution in [1.29, 1.82) is 0 Å². The number of halogens is 3. The van der Waals surface area contributed by atoms with Gasteiger partial charge in [-0.25, -0.2) is 0 Å². The number of carboxylic acid groups (broad SMARTS) is 1. The second-order valence-corrected chi connectivity index (χ2v) is 5.83. The summed E-state index contributed by atoms with van der Waals surface area (Å²) in [6, 6.07) is 0. The minimum Gasteiger partial charge on any atom is -0.481 e. The van der Waals surface area contributed by atoms with Crippen LogP contribution >= 0.6 is 0 Å². The number of carboxylic acids is 1. The molecule has 1 heterocycles. The lowest BCUT2D eigenvalue weighted by Crippen LogP contribution is -2.63. The van der Waals surface area contributed by atoms with Gasteiger partial charge in [0.1, 0.15) is 0 Å². The molecule has 3 N–H and O–H groups in total. The van der Waals surface area contributed by atoms with E-state index in [1.165, 1.54) is 0 Å². The molecular weight excluding hydrogens is 289 g/mol. The maximum atomic E-state index is 12.8. The van der Waals surface area contributed by atoms with Gasteiger partial charge in [0, 0.05) is 13.1 Å². The molecule has 0 aromatic heterocycles. The summed E-state index contributed by atoms with van der Waals surface area (Å²) in [5.41, 5.74) is 1.23. The Bertz CT molecular complexity index is 413. The molecule has 0 saturated carbocycles. The molecule has 1 fully saturated rings. The van der Waals surface area contributed by atoms with Crippen LogP contribution in [0.5, 0.6) is 0 Å². The Labute approximate surface area is 121 Å². The van der Waals surface area contributed by atoms with Gasteiger partial charge in [0.2, 0.25) is 0 Å². The molecule has 0 aliphatic carbocycles. The number of hydrogen-bond acceptors (Lipinski definition) is 3. The van der Waals surface area contributed by atoms with Gasteiger partial charge in [-0.05, 0) is 26.2 Å². The molecule has 21 heavy (non-hydrogen) atoms. The van der Waals surface area contributed by atoms with Crippen molar-refractivity contribution in [2.24, 2.45) is 11.1 Å². The first-order valence-electron chi connectivity index (χ1n) is 6.86. The van der Waals surface area contributed by atoms with E-state index in [1.807, 2.05) is 6.92 Å². The number of nitrogens with zero attached hydrogens (tertiary/aromatic N) is 1. The monoisotopic (exact) mass is 310 g/mol. The van der Waals surface area contributed by atoms with Crippen molar-refractivity contribution in [3.63, 3.8) is 0 Å². The van der Waals surface area contributed by atoms with Crippen molar-refractivity contribution >= 4 is 11.9 Å². The molecule has 1 unspecified atom stereocenters. The van der Waals surface area contributed by atoms with Gasteiger partial charge in [0.05, 0.1) is 5.41 Å². The number of carbonyl (C=O) groups is 2. The van der Waals surface area contributed by atoms with Gasteiger partial charge in [-0.15, -0.1) is 0 Å². The Hall–Kier alpha value is -1.31. The second kappa shape index (κ2) is 5.82. The highest BCUT2D eigenvalue weighted by molar-refractivity contribution is 5.87. The first kappa shape index (κ1) is 17.7. The van der Waals surface area contributed by atoms with Gasteiger partial charge in [-0.3, -0.25) is 9.59 Å². The third-order valence-corrected chi connectivity index (χ3v) is 4.22. The second-order valence-electron chi connectivity index (χ2n) is 5.83. The molecule has 1 rings (SSSR count). The lowest BCUT2D eigenvalue weighted by Gasteiger charge is -2.41. The molecule has 8 heteroatoms. The standard InChI is InChI=1S/C13H21F3N2O3/c1-3-4-12(10(20)21)5-7-18(8-6-12)9(19)11(2,17)13(14,15)16/h3-8,17H2,1-2H3,(H,20,21). The molecular formula is C13H21F3N2O3. The lowest BCUT2D eigenvalue weighted by molar-refractivity contribution is -0.195. The van der Waals surface area contributed by atoms with Gasteiger partial charge < -0.3 is 15.7 Å². The molecule has 1 aliphatic heterocycles. The van der Waals surface area contributed by atoms with E-state index in [9.17, 15) is 27.9 Å². The molecule has 0 spiro atoms. The quantitative estimate of drug-likeness (QED) is 0.829. The number of hydrogen-bond donors (Lipinski definition) is 2. The van der Waals surface area contributed by atoms with E-state index in [0.717, 1.165) is 4.90 Å². The van der Waals surface area contributed by atoms with E-state index in [1.54, 1.807) is 0 Å². The Morgan fingerprint density at radius 1 is 1.29 bits per heavy atom. The van der Waals surface area contributed by atoms with Gasteiger partial charge in [0.15, 0.2) is 5.54 Å². The van der Waals surface area contributed by atoms with Crippen molar-refractivity contribution in [3.05, 3.63) is 0 Å². The van der Waals surface area contributed by atoms with Crippen LogP contribution in [0.3, 0.4) is 0 Å². The van der Waals surface area contributed by atoms with E-state index < -0.39 is 29.0 Å². The van der Waals surface area contributed by atoms with Crippen molar-refractivity contribution < 1.29 is 27.9 Å². The smallest absolute Gasteiger partial charge is 0.415 e. The normalized spacial score (nSPS) is 21.7. The minimum atomic E-state index is -4.84. The summed E-state index contributed by atoms with van der Waals surface area (Å²) < 4.78 is 38.3. The third kappa shape index (κ3) is 3.30. The highest BCUT2D eigenvalue weighted by Crippen LogP contribution is 2.38. The van der Waals surface area contributed by atoms with Gasteiger partial charge in [-0.1, -0.05) is 13.3 Å². The molecule has 5 nitrogen and oxygen atoms in total. The van der Waals surface area contributed by atoms with Crippen LogP contribution in [0.4, 0.5) is 13.2 Å². The number of nitrogens with two attached hydrogens (primary N) is 1. The van der Waals surface area contributed by atoms with Crippen LogP contribution < -0.4 is 5.73 Å². The molecule has 0 radical (unpaired) electrons. The van der Waals surface area contributed by atoms with Crippen molar-refractivity contribution in [2.45, 2.75) is 51.2 Å². The summed E-state index contributed by atoms with van der Waals surface area (Å²) in [5, 5.41) is 9.33. The Morgan fingerprint density at radius 3 is 2.10 bits per heavy atom. The van der Waals surface area contributed by atoms with E-state index in [-0.39, 0.29) is 25.9 Å². The number of carbonyl (C=O) groups excluding carboxylic acids is 1. The summed E-state index contributed by atoms with van der Waals surface area (Å²) in [6.45, 7) is 2.45. The van der Waals surface area contributed by atoms with E-state index in [4.69, 9.17) is 5.73 Å². The van der Waals surface area contributed by atoms with Crippen LogP contribution in [-0.2, 0) is 9.59 Å². The Morgan fingerprint density at radius 2 is 1.76 bits per heavy atom. The average molecular weight is 310 g/mol. The predicted octanol–water partition coefficient (Wildman–Crippen LogP) is 1.76. The van der Waals surface area contributed by atoms with Crippen LogP contribution in [0, 0.1) is 5.41 Å². The number of amides is 1. The fraction of sp³-hybridized carbons (Fsp3) is 0.846. The van der Waals surface area contributed by atoms with Gasteiger partial charge in [-0.2, -0.15) is 13.2 Å². The summed E-state index contributed by atoms with van der Waals surface area (Å²) >= 11 is 0. The molecule has 0 bridgehead atoms. The van der Waals surface area contributed by atoms with Gasteiger partial charge in [0.25, 0.3) is 5.91 Å². The number of likely N-dealkylation sites (tertiary alicyclic amines) is 1.